The number of allylic oxidation sites excluding steroid dienone is 3. The van der Waals surface area contributed by atoms with E-state index in [0.29, 0.717) is 37.1 Å². The Hall–Kier alpha value is -6.22. The van der Waals surface area contributed by atoms with Crippen molar-refractivity contribution in [1.82, 2.24) is 10.6 Å². The molecule has 77 heavy (non-hydrogen) atoms. The molecule has 3 aliphatic heterocycles. The number of rotatable bonds is 21. The first-order valence-corrected chi connectivity index (χ1v) is 26.4. The lowest BCUT2D eigenvalue weighted by Crippen LogP contribution is -2.53. The summed E-state index contributed by atoms with van der Waals surface area (Å²) in [6.45, 7) is 10.4. The summed E-state index contributed by atoms with van der Waals surface area (Å²) in [6, 6.07) is 5.31. The number of ketones is 3. The average Bonchev–Trinajstić information content (AvgIpc) is 4.09. The van der Waals surface area contributed by atoms with E-state index in [2.05, 4.69) is 16.0 Å². The van der Waals surface area contributed by atoms with Crippen molar-refractivity contribution < 1.29 is 71.5 Å². The van der Waals surface area contributed by atoms with Gasteiger partial charge in [0.1, 0.15) is 57.7 Å². The number of benzene rings is 2. The molecule has 0 saturated carbocycles. The summed E-state index contributed by atoms with van der Waals surface area (Å²) >= 11 is 6.81. The van der Waals surface area contributed by atoms with Crippen LogP contribution >= 0.6 is 11.6 Å². The first-order chi connectivity index (χ1) is 36.3. The Morgan fingerprint density at radius 3 is 2.42 bits per heavy atom. The molecular formula is C56H75ClFN5O14. The minimum atomic E-state index is -1.67. The van der Waals surface area contributed by atoms with Crippen LogP contribution in [0.1, 0.15) is 117 Å². The number of epoxide rings is 1. The fraction of sp³-hybridized carbons (Fsp3) is 0.571. The van der Waals surface area contributed by atoms with E-state index in [1.54, 1.807) is 52.0 Å². The predicted molar refractivity (Wildman–Crippen MR) is 285 cm³/mol. The van der Waals surface area contributed by atoms with E-state index in [4.69, 9.17) is 41.0 Å². The maximum atomic E-state index is 16.0. The predicted octanol–water partition coefficient (Wildman–Crippen LogP) is 7.19. The van der Waals surface area contributed by atoms with Gasteiger partial charge in [-0.1, -0.05) is 62.2 Å². The topological polar surface area (TPSA) is 272 Å². The smallest absolute Gasteiger partial charge is 0.412 e. The maximum absolute atomic E-state index is 16.0. The number of Topliss-reactive ketones (excluding diaryl/α,β-unsaturated/α-hetero) is 3. The van der Waals surface area contributed by atoms with Crippen LogP contribution in [0.25, 0.3) is 0 Å². The standard InChI is InChI=1S/C56H75ClFN5O14/c1-31(2)38(27-37(65)16-11-10-15-33(4)64)52(69)61-41(17-13-21-60-53(59)70)43(66)25-35-19-20-40(39(58)23-35)62-54(71)76-47-28-48(67)63(7)42-24-36(26-44(73-8)50(42)57)22-32(3)14-12-18-46(74-9)56(72)29-45(75-49(68)30-56)34(5)51-55(47,6)77-51/h12,14,18-20,23-24,26,31,34,38,41,45-47,51,72H,10-11,13,15-17,21-22,25,27-30H2,1-9H3,(H,61,69)(H,62,71)(H3,59,60,70)/b18-12+,32-14+/t34-,38+,41+,45+,46-,47+,51+,55+,56-/m1/s1. The zero-order chi connectivity index (χ0) is 56.9. The number of fused-ring (bicyclic) bond motifs is 5. The molecule has 2 fully saturated rings. The Bertz CT molecular complexity index is 2590. The molecule has 422 valence electrons. The van der Waals surface area contributed by atoms with Crippen LogP contribution in [0, 0.1) is 23.6 Å². The zero-order valence-corrected chi connectivity index (χ0v) is 46.2. The first kappa shape index (κ1) is 61.6. The van der Waals surface area contributed by atoms with Crippen molar-refractivity contribution in [3.05, 3.63) is 76.1 Å². The van der Waals surface area contributed by atoms with Gasteiger partial charge in [-0.3, -0.25) is 29.3 Å². The van der Waals surface area contributed by atoms with E-state index >= 15 is 4.39 Å². The number of unbranched alkanes of at least 4 members (excludes halogenated alkanes) is 1. The van der Waals surface area contributed by atoms with E-state index in [-0.39, 0.29) is 85.2 Å². The number of nitrogens with zero attached hydrogens (tertiary/aromatic N) is 1. The van der Waals surface area contributed by atoms with Crippen LogP contribution in [0.4, 0.5) is 25.4 Å². The highest BCUT2D eigenvalue weighted by molar-refractivity contribution is 6.35. The van der Waals surface area contributed by atoms with Gasteiger partial charge < -0.3 is 54.9 Å². The summed E-state index contributed by atoms with van der Waals surface area (Å²) in [5.74, 6) is -4.64. The van der Waals surface area contributed by atoms with Crippen molar-refractivity contribution in [3.8, 4) is 5.75 Å². The van der Waals surface area contributed by atoms with Gasteiger partial charge >= 0.3 is 18.1 Å². The number of urea groups is 1. The first-order valence-electron chi connectivity index (χ1n) is 26.0. The molecule has 2 aromatic rings. The molecule has 0 aromatic heterocycles. The molecule has 19 nitrogen and oxygen atoms in total. The quantitative estimate of drug-likeness (QED) is 0.0471. The highest BCUT2D eigenvalue weighted by atomic mass is 35.5. The molecule has 0 radical (unpaired) electrons. The summed E-state index contributed by atoms with van der Waals surface area (Å²) in [6.07, 6.45) is 1.24. The molecule has 5 rings (SSSR count). The van der Waals surface area contributed by atoms with Crippen LogP contribution < -0.4 is 31.3 Å². The molecule has 4 bridgehead atoms. The summed E-state index contributed by atoms with van der Waals surface area (Å²) in [7, 11) is 4.39. The van der Waals surface area contributed by atoms with Gasteiger partial charge in [-0.25, -0.2) is 14.0 Å². The number of nitrogens with two attached hydrogens (primary N) is 1. The Kier molecular flexibility index (Phi) is 21.9. The Balaban J connectivity index is 1.37. The number of esters is 1. The molecule has 9 atom stereocenters. The molecular weight excluding hydrogens is 1020 g/mol. The van der Waals surface area contributed by atoms with E-state index in [9.17, 15) is 43.5 Å². The van der Waals surface area contributed by atoms with E-state index in [0.717, 1.165) is 17.2 Å². The van der Waals surface area contributed by atoms with E-state index in [1.807, 2.05) is 13.0 Å². The third kappa shape index (κ3) is 16.9. The van der Waals surface area contributed by atoms with Crippen molar-refractivity contribution in [3.63, 3.8) is 0 Å². The number of primary amides is 1. The van der Waals surface area contributed by atoms with Crippen LogP contribution in [-0.2, 0) is 60.6 Å². The van der Waals surface area contributed by atoms with Gasteiger partial charge in [-0.05, 0) is 94.2 Å². The van der Waals surface area contributed by atoms with Crippen molar-refractivity contribution in [1.29, 1.82) is 0 Å². The third-order valence-corrected chi connectivity index (χ3v) is 15.0. The second kappa shape index (κ2) is 27.4. The fourth-order valence-electron chi connectivity index (χ4n) is 10.0. The van der Waals surface area contributed by atoms with Crippen molar-refractivity contribution in [2.75, 3.05) is 38.0 Å². The molecule has 3 heterocycles. The lowest BCUT2D eigenvalue weighted by molar-refractivity contribution is -0.187. The van der Waals surface area contributed by atoms with Gasteiger partial charge in [-0.2, -0.15) is 0 Å². The minimum absolute atomic E-state index is 0.0254. The maximum Gasteiger partial charge on any atom is 0.412 e. The van der Waals surface area contributed by atoms with Gasteiger partial charge in [0.2, 0.25) is 11.8 Å². The number of aliphatic hydroxyl groups is 1. The number of ether oxygens (including phenoxy) is 5. The third-order valence-electron chi connectivity index (χ3n) is 14.6. The van der Waals surface area contributed by atoms with E-state index in [1.165, 1.54) is 45.2 Å². The largest absolute Gasteiger partial charge is 0.495 e. The molecule has 3 aliphatic rings. The second-order valence-corrected chi connectivity index (χ2v) is 21.5. The molecule has 0 aliphatic carbocycles. The number of methoxy groups -OCH3 is 2. The number of amides is 5. The van der Waals surface area contributed by atoms with Gasteiger partial charge in [0.25, 0.3) is 0 Å². The summed E-state index contributed by atoms with van der Waals surface area (Å²) in [4.78, 5) is 106. The Morgan fingerprint density at radius 1 is 1.05 bits per heavy atom. The number of halogens is 2. The summed E-state index contributed by atoms with van der Waals surface area (Å²) in [5, 5.41) is 19.7. The second-order valence-electron chi connectivity index (χ2n) is 21.1. The van der Waals surface area contributed by atoms with Crippen molar-refractivity contribution >= 4 is 70.2 Å². The SMILES string of the molecule is COc1cc2cc(c1Cl)N(C)C(=O)C[C@H](OC(=O)Nc1ccc(CC(=O)[C@H](CCCNC(N)=O)NC(=O)[C@@H](CC(=O)CCCCC(C)=O)C(C)C)cc1F)[C@]1(C)O[C@H]1[C@H](C)[C@@H]1C[C@@](O)(CC(=O)O1)[C@H](OC)/C=C/C=C(\C)C2. The van der Waals surface area contributed by atoms with Crippen LogP contribution in [0.3, 0.4) is 0 Å². The molecule has 2 aromatic carbocycles. The van der Waals surface area contributed by atoms with Gasteiger partial charge in [-0.15, -0.1) is 0 Å². The molecule has 21 heteroatoms. The number of anilines is 2. The zero-order valence-electron chi connectivity index (χ0n) is 45.5. The molecule has 0 unspecified atom stereocenters. The Labute approximate surface area is 454 Å². The van der Waals surface area contributed by atoms with Crippen LogP contribution in [0.2, 0.25) is 5.02 Å². The van der Waals surface area contributed by atoms with Crippen LogP contribution in [0.15, 0.2) is 54.1 Å². The van der Waals surface area contributed by atoms with Crippen molar-refractivity contribution in [2.24, 2.45) is 23.5 Å². The fourth-order valence-corrected chi connectivity index (χ4v) is 10.3. The highest BCUT2D eigenvalue weighted by Gasteiger charge is 2.64. The lowest BCUT2D eigenvalue weighted by Gasteiger charge is -2.41. The van der Waals surface area contributed by atoms with E-state index < -0.39 is 101 Å². The van der Waals surface area contributed by atoms with Crippen LogP contribution in [0.5, 0.6) is 5.75 Å². The Morgan fingerprint density at radius 2 is 1.77 bits per heavy atom. The highest BCUT2D eigenvalue weighted by Crippen LogP contribution is 2.50. The summed E-state index contributed by atoms with van der Waals surface area (Å²) < 4.78 is 45.3. The van der Waals surface area contributed by atoms with Crippen molar-refractivity contribution in [2.45, 2.75) is 160 Å². The number of hydrogen-bond acceptors (Lipinski definition) is 14. The van der Waals surface area contributed by atoms with Gasteiger partial charge in [0, 0.05) is 64.6 Å². The average molecular weight is 1100 g/mol. The number of carbonyl (C=O) groups excluding carboxylic acids is 8. The number of nitrogens with one attached hydrogen (secondary N) is 3. The molecule has 0 spiro atoms. The monoisotopic (exact) mass is 1100 g/mol. The lowest BCUT2D eigenvalue weighted by atomic mass is 9.78. The molecule has 6 N–H and O–H groups in total. The van der Waals surface area contributed by atoms with Crippen LogP contribution in [-0.4, -0.2) is 122 Å². The van der Waals surface area contributed by atoms with Gasteiger partial charge in [0.15, 0.2) is 5.78 Å². The number of carbonyl (C=O) groups is 8. The summed E-state index contributed by atoms with van der Waals surface area (Å²) in [5.41, 5.74) is 3.97. The van der Waals surface area contributed by atoms with Gasteiger partial charge in [0.05, 0.1) is 43.5 Å². The minimum Gasteiger partial charge on any atom is -0.495 e. The molecule has 2 saturated heterocycles. The normalized spacial score (nSPS) is 25.4. The molecule has 5 amide bonds. The number of hydrogen-bond donors (Lipinski definition) is 5.